The van der Waals surface area contributed by atoms with Crippen molar-refractivity contribution in [1.29, 1.82) is 0 Å². The van der Waals surface area contributed by atoms with Crippen LogP contribution >= 0.6 is 11.8 Å². The van der Waals surface area contributed by atoms with Crippen molar-refractivity contribution in [3.8, 4) is 11.3 Å². The molecule has 144 valence electrons. The zero-order chi connectivity index (χ0) is 19.2. The molecule has 0 atom stereocenters. The van der Waals surface area contributed by atoms with Crippen molar-refractivity contribution < 1.29 is 9.32 Å². The third-order valence-electron chi connectivity index (χ3n) is 4.84. The second-order valence-electron chi connectivity index (χ2n) is 6.80. The minimum atomic E-state index is -0.298. The Hall–Kier alpha value is -2.57. The lowest BCUT2D eigenvalue weighted by Crippen LogP contribution is -2.34. The van der Waals surface area contributed by atoms with Crippen molar-refractivity contribution >= 4 is 23.4 Å². The normalized spacial score (nSPS) is 14.7. The van der Waals surface area contributed by atoms with E-state index in [0.717, 1.165) is 24.2 Å². The summed E-state index contributed by atoms with van der Waals surface area (Å²) in [6, 6.07) is 19.3. The minimum Gasteiger partial charge on any atom is -0.350 e. The monoisotopic (exact) mass is 393 g/mol. The molecule has 0 spiro atoms. The van der Waals surface area contributed by atoms with E-state index >= 15 is 0 Å². The zero-order valence-corrected chi connectivity index (χ0v) is 16.5. The molecule has 0 unspecified atom stereocenters. The standard InChI is InChI=1S/C22H23N3O2S/c26-22(21-16-20(24-27-21)18-4-2-1-3-5-18)23-19-8-6-17(7-9-19)10-11-25-12-14-28-15-13-25/h1-9,16H,10-15H2,(H,23,26). The maximum atomic E-state index is 12.4. The number of thioether (sulfide) groups is 1. The van der Waals surface area contributed by atoms with Gasteiger partial charge in [0, 0.05) is 48.5 Å². The maximum Gasteiger partial charge on any atom is 0.294 e. The topological polar surface area (TPSA) is 58.4 Å². The number of nitrogens with one attached hydrogen (secondary N) is 1. The van der Waals surface area contributed by atoms with Gasteiger partial charge in [-0.3, -0.25) is 4.79 Å². The molecular weight excluding hydrogens is 370 g/mol. The van der Waals surface area contributed by atoms with Gasteiger partial charge in [-0.1, -0.05) is 47.6 Å². The molecule has 1 fully saturated rings. The second kappa shape index (κ2) is 9.08. The first-order valence-electron chi connectivity index (χ1n) is 9.50. The van der Waals surface area contributed by atoms with E-state index in [4.69, 9.17) is 4.52 Å². The van der Waals surface area contributed by atoms with Crippen LogP contribution in [-0.4, -0.2) is 47.1 Å². The summed E-state index contributed by atoms with van der Waals surface area (Å²) >= 11 is 2.03. The summed E-state index contributed by atoms with van der Waals surface area (Å²) in [4.78, 5) is 14.9. The van der Waals surface area contributed by atoms with Crippen molar-refractivity contribution in [2.24, 2.45) is 0 Å². The quantitative estimate of drug-likeness (QED) is 0.681. The number of hydrogen-bond acceptors (Lipinski definition) is 5. The van der Waals surface area contributed by atoms with Crippen molar-refractivity contribution in [2.45, 2.75) is 6.42 Å². The highest BCUT2D eigenvalue weighted by Gasteiger charge is 2.14. The maximum absolute atomic E-state index is 12.4. The summed E-state index contributed by atoms with van der Waals surface area (Å²) in [6.07, 6.45) is 1.03. The molecule has 0 radical (unpaired) electrons. The number of amides is 1. The number of carbonyl (C=O) groups excluding carboxylic acids is 1. The number of hydrogen-bond donors (Lipinski definition) is 1. The van der Waals surface area contributed by atoms with Gasteiger partial charge < -0.3 is 14.7 Å². The summed E-state index contributed by atoms with van der Waals surface area (Å²) < 4.78 is 5.21. The lowest BCUT2D eigenvalue weighted by Gasteiger charge is -2.26. The first kappa shape index (κ1) is 18.8. The van der Waals surface area contributed by atoms with Crippen LogP contribution in [0.2, 0.25) is 0 Å². The van der Waals surface area contributed by atoms with Crippen LogP contribution in [0.25, 0.3) is 11.3 Å². The molecule has 1 aliphatic rings. The van der Waals surface area contributed by atoms with Gasteiger partial charge in [0.1, 0.15) is 5.69 Å². The molecule has 28 heavy (non-hydrogen) atoms. The molecule has 2 heterocycles. The van der Waals surface area contributed by atoms with Gasteiger partial charge in [-0.25, -0.2) is 0 Å². The molecule has 0 aliphatic carbocycles. The molecule has 1 aliphatic heterocycles. The fourth-order valence-corrected chi connectivity index (χ4v) is 4.17. The first-order valence-corrected chi connectivity index (χ1v) is 10.7. The van der Waals surface area contributed by atoms with E-state index in [1.807, 2.05) is 54.2 Å². The Morgan fingerprint density at radius 2 is 1.82 bits per heavy atom. The zero-order valence-electron chi connectivity index (χ0n) is 15.6. The molecule has 3 aromatic rings. The predicted molar refractivity (Wildman–Crippen MR) is 114 cm³/mol. The van der Waals surface area contributed by atoms with E-state index in [1.54, 1.807) is 6.07 Å². The average molecular weight is 394 g/mol. The van der Waals surface area contributed by atoms with E-state index < -0.39 is 0 Å². The average Bonchev–Trinajstić information content (AvgIpc) is 3.25. The molecule has 1 amide bonds. The van der Waals surface area contributed by atoms with Gasteiger partial charge in [-0.15, -0.1) is 0 Å². The predicted octanol–water partition coefficient (Wildman–Crippen LogP) is 4.19. The van der Waals surface area contributed by atoms with Gasteiger partial charge in [0.2, 0.25) is 5.76 Å². The highest BCUT2D eigenvalue weighted by atomic mass is 32.2. The lowest BCUT2D eigenvalue weighted by atomic mass is 10.1. The van der Waals surface area contributed by atoms with Crippen LogP contribution in [0, 0.1) is 0 Å². The molecule has 2 aromatic carbocycles. The molecule has 1 N–H and O–H groups in total. The van der Waals surface area contributed by atoms with E-state index in [2.05, 4.69) is 27.5 Å². The van der Waals surface area contributed by atoms with Gasteiger partial charge in [-0.05, 0) is 24.1 Å². The Morgan fingerprint density at radius 3 is 2.57 bits per heavy atom. The molecule has 0 bridgehead atoms. The van der Waals surface area contributed by atoms with Crippen LogP contribution in [0.4, 0.5) is 5.69 Å². The van der Waals surface area contributed by atoms with Gasteiger partial charge in [-0.2, -0.15) is 11.8 Å². The van der Waals surface area contributed by atoms with Crippen LogP contribution in [0.5, 0.6) is 0 Å². The van der Waals surface area contributed by atoms with Crippen LogP contribution in [-0.2, 0) is 6.42 Å². The van der Waals surface area contributed by atoms with Crippen molar-refractivity contribution in [2.75, 3.05) is 36.5 Å². The summed E-state index contributed by atoms with van der Waals surface area (Å²) in [5.74, 6) is 2.37. The van der Waals surface area contributed by atoms with Gasteiger partial charge >= 0.3 is 0 Å². The number of anilines is 1. The Labute approximate surface area is 169 Å². The molecule has 5 nitrogen and oxygen atoms in total. The number of rotatable bonds is 6. The van der Waals surface area contributed by atoms with Crippen molar-refractivity contribution in [3.05, 3.63) is 72.0 Å². The first-order chi connectivity index (χ1) is 13.8. The Balaban J connectivity index is 1.32. The lowest BCUT2D eigenvalue weighted by molar-refractivity contribution is 0.0988. The molecular formula is C22H23N3O2S. The van der Waals surface area contributed by atoms with Crippen LogP contribution in [0.15, 0.2) is 65.2 Å². The number of carbonyl (C=O) groups is 1. The van der Waals surface area contributed by atoms with Gasteiger partial charge in [0.05, 0.1) is 0 Å². The van der Waals surface area contributed by atoms with E-state index in [1.165, 1.54) is 30.2 Å². The van der Waals surface area contributed by atoms with E-state index in [0.29, 0.717) is 5.69 Å². The van der Waals surface area contributed by atoms with Crippen LogP contribution < -0.4 is 5.32 Å². The molecule has 1 saturated heterocycles. The largest absolute Gasteiger partial charge is 0.350 e. The van der Waals surface area contributed by atoms with Gasteiger partial charge in [0.25, 0.3) is 5.91 Å². The minimum absolute atomic E-state index is 0.200. The summed E-state index contributed by atoms with van der Waals surface area (Å²) in [7, 11) is 0. The molecule has 1 aromatic heterocycles. The smallest absolute Gasteiger partial charge is 0.294 e. The Bertz CT molecular complexity index is 903. The molecule has 6 heteroatoms. The number of aromatic nitrogens is 1. The Kier molecular flexibility index (Phi) is 6.09. The summed E-state index contributed by atoms with van der Waals surface area (Å²) in [5.41, 5.74) is 3.60. The second-order valence-corrected chi connectivity index (χ2v) is 8.02. The third-order valence-corrected chi connectivity index (χ3v) is 5.78. The van der Waals surface area contributed by atoms with Crippen LogP contribution in [0.3, 0.4) is 0 Å². The van der Waals surface area contributed by atoms with Crippen LogP contribution in [0.1, 0.15) is 16.1 Å². The fourth-order valence-electron chi connectivity index (χ4n) is 3.19. The number of benzene rings is 2. The number of nitrogens with zero attached hydrogens (tertiary/aromatic N) is 2. The van der Waals surface area contributed by atoms with Gasteiger partial charge in [0.15, 0.2) is 0 Å². The fraction of sp³-hybridized carbons (Fsp3) is 0.273. The summed E-state index contributed by atoms with van der Waals surface area (Å²) in [6.45, 7) is 3.45. The third kappa shape index (κ3) is 4.82. The SMILES string of the molecule is O=C(Nc1ccc(CCN2CCSCC2)cc1)c1cc(-c2ccccc2)no1. The van der Waals surface area contributed by atoms with Crippen molar-refractivity contribution in [3.63, 3.8) is 0 Å². The summed E-state index contributed by atoms with van der Waals surface area (Å²) in [5, 5.41) is 6.86. The van der Waals surface area contributed by atoms with Crippen molar-refractivity contribution in [1.82, 2.24) is 10.1 Å². The van der Waals surface area contributed by atoms with E-state index in [-0.39, 0.29) is 11.7 Å². The Morgan fingerprint density at radius 1 is 1.07 bits per heavy atom. The molecule has 0 saturated carbocycles. The van der Waals surface area contributed by atoms with E-state index in [9.17, 15) is 4.79 Å². The highest BCUT2D eigenvalue weighted by molar-refractivity contribution is 7.99. The molecule has 4 rings (SSSR count). The highest BCUT2D eigenvalue weighted by Crippen LogP contribution is 2.20.